The van der Waals surface area contributed by atoms with Crippen LogP contribution in [0, 0.1) is 6.92 Å². The lowest BCUT2D eigenvalue weighted by Crippen LogP contribution is -2.35. The fraction of sp³-hybridized carbons (Fsp3) is 0.200. The molecule has 0 unspecified atom stereocenters. The van der Waals surface area contributed by atoms with Gasteiger partial charge < -0.3 is 14.2 Å². The summed E-state index contributed by atoms with van der Waals surface area (Å²) in [5.41, 5.74) is 4.82. The van der Waals surface area contributed by atoms with E-state index < -0.39 is 11.8 Å². The molecule has 1 fully saturated rings. The Morgan fingerprint density at radius 1 is 0.926 bits per heavy atom. The largest absolute Gasteiger partial charge is 0.493 e. The normalized spacial score (nSPS) is 15.1. The van der Waals surface area contributed by atoms with Gasteiger partial charge in [-0.2, -0.15) is 0 Å². The average Bonchev–Trinajstić information content (AvgIpc) is 2.96. The Morgan fingerprint density at radius 3 is 2.04 bits per heavy atom. The van der Waals surface area contributed by atoms with E-state index in [4.69, 9.17) is 14.2 Å². The van der Waals surface area contributed by atoms with Crippen molar-refractivity contribution in [2.24, 2.45) is 0 Å². The number of carbonyl (C=O) groups is 2. The van der Waals surface area contributed by atoms with Crippen LogP contribution in [0.2, 0.25) is 0 Å². The van der Waals surface area contributed by atoms with Gasteiger partial charge in [0.25, 0.3) is 11.8 Å². The van der Waals surface area contributed by atoms with Gasteiger partial charge in [-0.25, -0.2) is 5.01 Å². The van der Waals surface area contributed by atoms with Crippen LogP contribution in [-0.4, -0.2) is 33.1 Å². The van der Waals surface area contributed by atoms with E-state index in [1.165, 1.54) is 32.4 Å². The molecule has 1 aliphatic heterocycles. The number of hydrogen-bond acceptors (Lipinski definition) is 5. The minimum absolute atomic E-state index is 0.0184. The molecule has 7 heteroatoms. The van der Waals surface area contributed by atoms with Crippen LogP contribution in [0.15, 0.2) is 42.0 Å². The molecule has 0 spiro atoms. The minimum Gasteiger partial charge on any atom is -0.493 e. The molecule has 2 aromatic carbocycles. The Balaban J connectivity index is 1.98. The van der Waals surface area contributed by atoms with Crippen molar-refractivity contribution in [2.75, 3.05) is 26.3 Å². The number of carbonyl (C=O) groups excluding carboxylic acids is 2. The van der Waals surface area contributed by atoms with Crippen LogP contribution in [0.5, 0.6) is 17.2 Å². The zero-order chi connectivity index (χ0) is 19.6. The number of hydrazine groups is 1. The molecule has 0 atom stereocenters. The minimum atomic E-state index is -0.477. The van der Waals surface area contributed by atoms with Gasteiger partial charge in [-0.1, -0.05) is 17.7 Å². The second-order valence-corrected chi connectivity index (χ2v) is 5.93. The molecule has 0 saturated carbocycles. The monoisotopic (exact) mass is 368 g/mol. The smallest absolute Gasteiger partial charge is 0.282 e. The van der Waals surface area contributed by atoms with E-state index in [0.29, 0.717) is 28.5 Å². The van der Waals surface area contributed by atoms with Gasteiger partial charge in [0, 0.05) is 0 Å². The molecule has 2 aromatic rings. The number of hydrogen-bond donors (Lipinski definition) is 1. The van der Waals surface area contributed by atoms with Gasteiger partial charge in [0.05, 0.1) is 27.0 Å². The van der Waals surface area contributed by atoms with Crippen molar-refractivity contribution in [3.05, 3.63) is 53.1 Å². The lowest BCUT2D eigenvalue weighted by molar-refractivity contribution is -0.117. The molecular weight excluding hydrogens is 348 g/mol. The second-order valence-electron chi connectivity index (χ2n) is 5.93. The van der Waals surface area contributed by atoms with E-state index in [2.05, 4.69) is 5.43 Å². The molecule has 2 amide bonds. The molecule has 1 N–H and O–H groups in total. The van der Waals surface area contributed by atoms with Crippen LogP contribution in [0.4, 0.5) is 5.69 Å². The van der Waals surface area contributed by atoms with Crippen molar-refractivity contribution in [3.63, 3.8) is 0 Å². The summed E-state index contributed by atoms with van der Waals surface area (Å²) in [6.45, 7) is 1.95. The molecule has 0 radical (unpaired) electrons. The molecule has 140 valence electrons. The standard InChI is InChI=1S/C20H20N2O5/c1-12-5-7-14(8-6-12)22-20(24)15(19(23)21-22)9-13-10-16(25-2)18(27-4)17(11-13)26-3/h5-11H,1-4H3,(H,21,23)/b15-9+. The molecule has 27 heavy (non-hydrogen) atoms. The first-order chi connectivity index (χ1) is 13.0. The van der Waals surface area contributed by atoms with Gasteiger partial charge in [0.15, 0.2) is 11.5 Å². The first kappa shape index (κ1) is 18.3. The number of rotatable bonds is 5. The van der Waals surface area contributed by atoms with Crippen molar-refractivity contribution in [3.8, 4) is 17.2 Å². The Bertz CT molecular complexity index is 893. The maximum Gasteiger partial charge on any atom is 0.282 e. The zero-order valence-electron chi connectivity index (χ0n) is 15.5. The summed E-state index contributed by atoms with van der Waals surface area (Å²) in [6, 6.07) is 10.6. The highest BCUT2D eigenvalue weighted by atomic mass is 16.5. The lowest BCUT2D eigenvalue weighted by atomic mass is 10.1. The first-order valence-corrected chi connectivity index (χ1v) is 8.22. The van der Waals surface area contributed by atoms with Gasteiger partial charge in [0.1, 0.15) is 5.57 Å². The third kappa shape index (κ3) is 3.44. The second kappa shape index (κ2) is 7.41. The topological polar surface area (TPSA) is 77.1 Å². The van der Waals surface area contributed by atoms with Crippen molar-refractivity contribution < 1.29 is 23.8 Å². The van der Waals surface area contributed by atoms with Gasteiger partial charge in [0.2, 0.25) is 5.75 Å². The number of aryl methyl sites for hydroxylation is 1. The number of nitrogens with zero attached hydrogens (tertiary/aromatic N) is 1. The van der Waals surface area contributed by atoms with E-state index in [1.807, 2.05) is 19.1 Å². The van der Waals surface area contributed by atoms with E-state index in [1.54, 1.807) is 24.3 Å². The average molecular weight is 368 g/mol. The van der Waals surface area contributed by atoms with E-state index >= 15 is 0 Å². The van der Waals surface area contributed by atoms with Crippen LogP contribution < -0.4 is 24.6 Å². The van der Waals surface area contributed by atoms with Crippen LogP contribution in [0.25, 0.3) is 6.08 Å². The summed E-state index contributed by atoms with van der Waals surface area (Å²) in [4.78, 5) is 25.1. The maximum absolute atomic E-state index is 12.7. The molecular formula is C20H20N2O5. The highest BCUT2D eigenvalue weighted by Gasteiger charge is 2.34. The Hall–Kier alpha value is -3.48. The van der Waals surface area contributed by atoms with E-state index in [0.717, 1.165) is 5.56 Å². The molecule has 1 aliphatic rings. The highest BCUT2D eigenvalue weighted by Crippen LogP contribution is 2.39. The summed E-state index contributed by atoms with van der Waals surface area (Å²) >= 11 is 0. The Labute approximate surface area is 157 Å². The quantitative estimate of drug-likeness (QED) is 0.648. The molecule has 3 rings (SSSR count). The fourth-order valence-corrected chi connectivity index (χ4v) is 2.78. The third-order valence-corrected chi connectivity index (χ3v) is 4.18. The van der Waals surface area contributed by atoms with Gasteiger partial charge >= 0.3 is 0 Å². The number of ether oxygens (including phenoxy) is 3. The molecule has 7 nitrogen and oxygen atoms in total. The highest BCUT2D eigenvalue weighted by molar-refractivity contribution is 6.31. The summed E-state index contributed by atoms with van der Waals surface area (Å²) in [5, 5.41) is 1.23. The predicted octanol–water partition coefficient (Wildman–Crippen LogP) is 2.48. The number of methoxy groups -OCH3 is 3. The van der Waals surface area contributed by atoms with E-state index in [-0.39, 0.29) is 5.57 Å². The number of benzene rings is 2. The first-order valence-electron chi connectivity index (χ1n) is 8.22. The fourth-order valence-electron chi connectivity index (χ4n) is 2.78. The van der Waals surface area contributed by atoms with Crippen molar-refractivity contribution >= 4 is 23.6 Å². The number of anilines is 1. The number of amides is 2. The van der Waals surface area contributed by atoms with Gasteiger partial charge in [-0.05, 0) is 42.8 Å². The molecule has 0 aromatic heterocycles. The Morgan fingerprint density at radius 2 is 1.52 bits per heavy atom. The van der Waals surface area contributed by atoms with E-state index in [9.17, 15) is 9.59 Å². The van der Waals surface area contributed by atoms with Crippen molar-refractivity contribution in [1.82, 2.24) is 5.43 Å². The molecule has 0 aliphatic carbocycles. The summed E-state index contributed by atoms with van der Waals surface area (Å²) in [7, 11) is 4.51. The molecule has 1 heterocycles. The lowest BCUT2D eigenvalue weighted by Gasteiger charge is -2.14. The summed E-state index contributed by atoms with van der Waals surface area (Å²) in [6.07, 6.45) is 1.50. The Kier molecular flexibility index (Phi) is 5.03. The summed E-state index contributed by atoms with van der Waals surface area (Å²) in [5.74, 6) is 0.396. The SMILES string of the molecule is COc1cc(/C=C2\C(=O)NN(c3ccc(C)cc3)C2=O)cc(OC)c1OC. The van der Waals surface area contributed by atoms with Crippen LogP contribution >= 0.6 is 0 Å². The molecule has 0 bridgehead atoms. The zero-order valence-corrected chi connectivity index (χ0v) is 15.5. The van der Waals surface area contributed by atoms with Crippen LogP contribution in [0.3, 0.4) is 0 Å². The van der Waals surface area contributed by atoms with Crippen molar-refractivity contribution in [1.29, 1.82) is 0 Å². The predicted molar refractivity (Wildman–Crippen MR) is 101 cm³/mol. The van der Waals surface area contributed by atoms with Gasteiger partial charge in [-0.15, -0.1) is 0 Å². The molecule has 1 saturated heterocycles. The van der Waals surface area contributed by atoms with Crippen LogP contribution in [0.1, 0.15) is 11.1 Å². The maximum atomic E-state index is 12.7. The summed E-state index contributed by atoms with van der Waals surface area (Å²) < 4.78 is 15.9. The van der Waals surface area contributed by atoms with Gasteiger partial charge in [-0.3, -0.25) is 15.0 Å². The number of nitrogens with one attached hydrogen (secondary N) is 1. The van der Waals surface area contributed by atoms with Crippen LogP contribution in [-0.2, 0) is 9.59 Å². The van der Waals surface area contributed by atoms with Crippen molar-refractivity contribution in [2.45, 2.75) is 6.92 Å². The third-order valence-electron chi connectivity index (χ3n) is 4.18.